The zero-order chi connectivity index (χ0) is 24.7. The van der Waals surface area contributed by atoms with Crippen LogP contribution in [-0.4, -0.2) is 31.1 Å². The molecule has 0 aliphatic heterocycles. The summed E-state index contributed by atoms with van der Waals surface area (Å²) in [7, 11) is 0. The Morgan fingerprint density at radius 2 is 2.00 bits per heavy atom. The second-order valence-corrected chi connectivity index (χ2v) is 9.73. The normalized spacial score (nSPS) is 17.7. The minimum absolute atomic E-state index is 0.206. The molecule has 0 amide bonds. The summed E-state index contributed by atoms with van der Waals surface area (Å²) < 4.78 is 13.7. The summed E-state index contributed by atoms with van der Waals surface area (Å²) in [6.07, 6.45) is 3.15. The Labute approximate surface area is 205 Å². The van der Waals surface area contributed by atoms with Crippen LogP contribution >= 0.6 is 11.3 Å². The summed E-state index contributed by atoms with van der Waals surface area (Å²) in [5.41, 5.74) is 2.63. The average Bonchev–Trinajstić information content (AvgIpc) is 3.45. The molecular formula is C26H23FN4O3S. The number of thiazole rings is 1. The molecule has 3 heterocycles. The number of nitrogens with zero attached hydrogens (tertiary/aromatic N) is 3. The maximum absolute atomic E-state index is 13.7. The number of carbonyl (C=O) groups is 1. The van der Waals surface area contributed by atoms with Crippen molar-refractivity contribution in [1.29, 1.82) is 0 Å². The predicted molar refractivity (Wildman–Crippen MR) is 132 cm³/mol. The van der Waals surface area contributed by atoms with E-state index in [0.717, 1.165) is 16.0 Å². The fraction of sp³-hybridized carbons (Fsp3) is 0.231. The Morgan fingerprint density at radius 3 is 2.77 bits per heavy atom. The molecule has 3 aromatic heterocycles. The lowest BCUT2D eigenvalue weighted by Crippen LogP contribution is -2.23. The highest BCUT2D eigenvalue weighted by Crippen LogP contribution is 2.45. The van der Waals surface area contributed by atoms with E-state index in [4.69, 9.17) is 4.98 Å². The number of anilines is 2. The third-order valence-corrected chi connectivity index (χ3v) is 7.31. The molecule has 0 fully saturated rings. The first-order valence-electron chi connectivity index (χ1n) is 11.1. The van der Waals surface area contributed by atoms with Crippen molar-refractivity contribution < 1.29 is 19.4 Å². The monoisotopic (exact) mass is 490 g/mol. The van der Waals surface area contributed by atoms with Crippen LogP contribution in [0.25, 0.3) is 10.6 Å². The van der Waals surface area contributed by atoms with Crippen LogP contribution in [0.4, 0.5) is 16.0 Å². The van der Waals surface area contributed by atoms with Crippen LogP contribution in [0.3, 0.4) is 0 Å². The van der Waals surface area contributed by atoms with Crippen molar-refractivity contribution in [2.45, 2.75) is 38.5 Å². The van der Waals surface area contributed by atoms with E-state index in [0.29, 0.717) is 46.3 Å². The minimum Gasteiger partial charge on any atom is -0.478 e. The van der Waals surface area contributed by atoms with Crippen LogP contribution in [0.1, 0.15) is 57.1 Å². The number of benzene rings is 1. The van der Waals surface area contributed by atoms with Gasteiger partial charge in [0.15, 0.2) is 0 Å². The summed E-state index contributed by atoms with van der Waals surface area (Å²) in [5.74, 6) is 0.0757. The van der Waals surface area contributed by atoms with E-state index in [-0.39, 0.29) is 5.56 Å². The number of pyridine rings is 2. The molecule has 3 N–H and O–H groups in total. The zero-order valence-electron chi connectivity index (χ0n) is 19.1. The van der Waals surface area contributed by atoms with Gasteiger partial charge in [0.25, 0.3) is 0 Å². The van der Waals surface area contributed by atoms with E-state index >= 15 is 0 Å². The Morgan fingerprint density at radius 1 is 1.17 bits per heavy atom. The third-order valence-electron chi connectivity index (χ3n) is 6.13. The van der Waals surface area contributed by atoms with E-state index in [2.05, 4.69) is 15.3 Å². The summed E-state index contributed by atoms with van der Waals surface area (Å²) in [5, 5.41) is 24.5. The van der Waals surface area contributed by atoms with E-state index in [1.165, 1.54) is 24.3 Å². The molecule has 1 aromatic carbocycles. The highest BCUT2D eigenvalue weighted by molar-refractivity contribution is 7.15. The largest absolute Gasteiger partial charge is 0.478 e. The van der Waals surface area contributed by atoms with Gasteiger partial charge in [-0.3, -0.25) is 0 Å². The second kappa shape index (κ2) is 8.83. The molecule has 5 rings (SSSR count). The smallest absolute Gasteiger partial charge is 0.335 e. The SMILES string of the molecule is Cc1cc(Nc2cc(C(C)F)ccn2)nc(-c2cnc([C@@]3(O)CCc4cc(C(=O)O)ccc43)s2)c1. The molecule has 178 valence electrons. The van der Waals surface area contributed by atoms with Gasteiger partial charge in [-0.15, -0.1) is 11.3 Å². The van der Waals surface area contributed by atoms with E-state index in [1.807, 2.05) is 19.1 Å². The van der Waals surface area contributed by atoms with Crippen LogP contribution in [0.15, 0.2) is 54.9 Å². The maximum atomic E-state index is 13.7. The fourth-order valence-electron chi connectivity index (χ4n) is 4.34. The summed E-state index contributed by atoms with van der Waals surface area (Å²) >= 11 is 1.35. The van der Waals surface area contributed by atoms with Gasteiger partial charge in [-0.25, -0.2) is 24.1 Å². The average molecular weight is 491 g/mol. The molecule has 7 nitrogen and oxygen atoms in total. The number of rotatable bonds is 6. The Hall–Kier alpha value is -3.69. The molecule has 0 bridgehead atoms. The lowest BCUT2D eigenvalue weighted by molar-refractivity contribution is 0.0695. The number of hydrogen-bond donors (Lipinski definition) is 3. The summed E-state index contributed by atoms with van der Waals surface area (Å²) in [6, 6.07) is 11.9. The van der Waals surface area contributed by atoms with Gasteiger partial charge in [-0.05, 0) is 85.3 Å². The van der Waals surface area contributed by atoms with Crippen LogP contribution in [-0.2, 0) is 12.0 Å². The van der Waals surface area contributed by atoms with Gasteiger partial charge in [0.2, 0.25) is 0 Å². The number of nitrogens with one attached hydrogen (secondary N) is 1. The highest BCUT2D eigenvalue weighted by atomic mass is 32.1. The minimum atomic E-state index is -1.27. The molecule has 0 saturated carbocycles. The van der Waals surface area contributed by atoms with Crippen LogP contribution < -0.4 is 5.32 Å². The van der Waals surface area contributed by atoms with Crippen molar-refractivity contribution in [3.05, 3.63) is 87.7 Å². The molecule has 1 aliphatic carbocycles. The van der Waals surface area contributed by atoms with E-state index < -0.39 is 17.7 Å². The first-order chi connectivity index (χ1) is 16.7. The molecule has 1 unspecified atom stereocenters. The number of alkyl halides is 1. The Bertz CT molecular complexity index is 1440. The van der Waals surface area contributed by atoms with Crippen molar-refractivity contribution in [2.24, 2.45) is 0 Å². The standard InChI is InChI=1S/C26H23FN4O3S/c1-14-9-20(30-23(10-14)31-22-12-16(15(2)27)6-8-28-22)21-13-29-25(35-21)26(34)7-5-17-11-18(24(32)33)3-4-19(17)26/h3-4,6,8-13,15,34H,5,7H2,1-2H3,(H,32,33)(H,28,30,31)/t15?,26-/m1/s1. The van der Waals surface area contributed by atoms with Crippen molar-refractivity contribution in [3.63, 3.8) is 0 Å². The van der Waals surface area contributed by atoms with Crippen molar-refractivity contribution in [2.75, 3.05) is 5.32 Å². The van der Waals surface area contributed by atoms with E-state index in [9.17, 15) is 19.4 Å². The lowest BCUT2D eigenvalue weighted by atomic mass is 9.96. The molecule has 0 spiro atoms. The fourth-order valence-corrected chi connectivity index (χ4v) is 5.35. The van der Waals surface area contributed by atoms with E-state index in [1.54, 1.807) is 36.7 Å². The van der Waals surface area contributed by atoms with Gasteiger partial charge in [-0.2, -0.15) is 0 Å². The number of carboxylic acids is 1. The van der Waals surface area contributed by atoms with Crippen LogP contribution in [0.2, 0.25) is 0 Å². The molecule has 2 atom stereocenters. The first-order valence-corrected chi connectivity index (χ1v) is 12.0. The number of aromatic carboxylic acids is 1. The third kappa shape index (κ3) is 4.40. The quantitative estimate of drug-likeness (QED) is 0.325. The molecule has 0 radical (unpaired) electrons. The molecule has 1 aliphatic rings. The summed E-state index contributed by atoms with van der Waals surface area (Å²) in [6.45, 7) is 3.43. The highest BCUT2D eigenvalue weighted by Gasteiger charge is 2.41. The molecule has 4 aromatic rings. The molecule has 35 heavy (non-hydrogen) atoms. The van der Waals surface area contributed by atoms with Gasteiger partial charge < -0.3 is 15.5 Å². The van der Waals surface area contributed by atoms with Crippen LogP contribution in [0.5, 0.6) is 0 Å². The van der Waals surface area contributed by atoms with Crippen molar-refractivity contribution in [3.8, 4) is 10.6 Å². The number of carboxylic acid groups (broad SMARTS) is 1. The van der Waals surface area contributed by atoms with Gasteiger partial charge >= 0.3 is 5.97 Å². The second-order valence-electron chi connectivity index (χ2n) is 8.70. The Kier molecular flexibility index (Phi) is 5.82. The number of halogens is 1. The van der Waals surface area contributed by atoms with Gasteiger partial charge in [0.1, 0.15) is 28.4 Å². The first kappa shape index (κ1) is 23.1. The maximum Gasteiger partial charge on any atom is 0.335 e. The lowest BCUT2D eigenvalue weighted by Gasteiger charge is -2.21. The van der Waals surface area contributed by atoms with Crippen LogP contribution in [0, 0.1) is 6.92 Å². The van der Waals surface area contributed by atoms with Gasteiger partial charge in [0.05, 0.1) is 16.1 Å². The van der Waals surface area contributed by atoms with Crippen molar-refractivity contribution >= 4 is 28.9 Å². The molecular weight excluding hydrogens is 467 g/mol. The molecule has 9 heteroatoms. The van der Waals surface area contributed by atoms with Crippen molar-refractivity contribution in [1.82, 2.24) is 15.0 Å². The predicted octanol–water partition coefficient (Wildman–Crippen LogP) is 5.56. The van der Waals surface area contributed by atoms with Gasteiger partial charge in [-0.1, -0.05) is 6.07 Å². The molecule has 0 saturated heterocycles. The number of aromatic nitrogens is 3. The van der Waals surface area contributed by atoms with Gasteiger partial charge in [0, 0.05) is 12.4 Å². The number of aliphatic hydroxyl groups is 1. The summed E-state index contributed by atoms with van der Waals surface area (Å²) in [4.78, 5) is 25.6. The number of hydrogen-bond acceptors (Lipinski definition) is 7. The zero-order valence-corrected chi connectivity index (χ0v) is 19.9. The Balaban J connectivity index is 1.44. The number of aryl methyl sites for hydroxylation is 2. The topological polar surface area (TPSA) is 108 Å². The number of fused-ring (bicyclic) bond motifs is 1.